The molecule has 1 amide bonds. The van der Waals surface area contributed by atoms with E-state index in [0.717, 1.165) is 16.9 Å². The van der Waals surface area contributed by atoms with Gasteiger partial charge in [0.25, 0.3) is 5.91 Å². The highest BCUT2D eigenvalue weighted by Gasteiger charge is 2.17. The van der Waals surface area contributed by atoms with Crippen molar-refractivity contribution in [3.05, 3.63) is 59.2 Å². The molecule has 6 heteroatoms. The van der Waals surface area contributed by atoms with E-state index in [-0.39, 0.29) is 18.6 Å². The van der Waals surface area contributed by atoms with Crippen molar-refractivity contribution in [1.82, 2.24) is 5.32 Å². The van der Waals surface area contributed by atoms with Crippen molar-refractivity contribution in [3.8, 4) is 5.75 Å². The fraction of sp³-hybridized carbons (Fsp3) is 0.333. The number of hydrogen-bond donors (Lipinski definition) is 1. The van der Waals surface area contributed by atoms with E-state index in [4.69, 9.17) is 9.47 Å². The summed E-state index contributed by atoms with van der Waals surface area (Å²) in [5.74, 6) is -0.513. The standard InChI is InChI=1S/C21H25NO4S/c1-5-15-6-8-16(9-7-15)14(2)22-20(23)13-26-21(24)18-11-10-17(27-4)12-19(18)25-3/h6-12,14H,5,13H2,1-4H3,(H,22,23)/t14-/m1/s1. The van der Waals surface area contributed by atoms with Gasteiger partial charge in [-0.2, -0.15) is 0 Å². The monoisotopic (exact) mass is 387 g/mol. The average Bonchev–Trinajstić information content (AvgIpc) is 2.71. The zero-order chi connectivity index (χ0) is 19.8. The second-order valence-corrected chi connectivity index (χ2v) is 6.91. The van der Waals surface area contributed by atoms with Gasteiger partial charge in [-0.15, -0.1) is 11.8 Å². The van der Waals surface area contributed by atoms with E-state index >= 15 is 0 Å². The summed E-state index contributed by atoms with van der Waals surface area (Å²) in [6.07, 6.45) is 2.91. The fourth-order valence-electron chi connectivity index (χ4n) is 2.58. The maximum atomic E-state index is 12.3. The molecule has 2 aromatic carbocycles. The van der Waals surface area contributed by atoms with E-state index in [1.165, 1.54) is 12.7 Å². The third kappa shape index (κ3) is 5.76. The molecule has 0 spiro atoms. The van der Waals surface area contributed by atoms with E-state index in [1.54, 1.807) is 23.9 Å². The van der Waals surface area contributed by atoms with Crippen LogP contribution in [0.1, 0.15) is 41.4 Å². The van der Waals surface area contributed by atoms with Crippen molar-refractivity contribution in [2.45, 2.75) is 31.2 Å². The number of rotatable bonds is 8. The Morgan fingerprint density at radius 3 is 2.44 bits per heavy atom. The third-order valence-corrected chi connectivity index (χ3v) is 4.95. The summed E-state index contributed by atoms with van der Waals surface area (Å²) in [6, 6.07) is 13.1. The molecule has 1 N–H and O–H groups in total. The maximum absolute atomic E-state index is 12.3. The van der Waals surface area contributed by atoms with E-state index < -0.39 is 5.97 Å². The van der Waals surface area contributed by atoms with Crippen LogP contribution < -0.4 is 10.1 Å². The number of benzene rings is 2. The van der Waals surface area contributed by atoms with Crippen LogP contribution in [-0.4, -0.2) is 31.8 Å². The highest BCUT2D eigenvalue weighted by atomic mass is 32.2. The molecule has 0 saturated heterocycles. The van der Waals surface area contributed by atoms with Gasteiger partial charge in [0.1, 0.15) is 11.3 Å². The first-order valence-electron chi connectivity index (χ1n) is 8.75. The Bertz CT molecular complexity index is 789. The minimum Gasteiger partial charge on any atom is -0.496 e. The molecule has 0 unspecified atom stereocenters. The lowest BCUT2D eigenvalue weighted by Crippen LogP contribution is -2.31. The molecule has 0 aliphatic heterocycles. The van der Waals surface area contributed by atoms with Crippen molar-refractivity contribution >= 4 is 23.6 Å². The Labute approximate surface area is 164 Å². The Morgan fingerprint density at radius 2 is 1.85 bits per heavy atom. The van der Waals surface area contributed by atoms with Crippen LogP contribution in [0.15, 0.2) is 47.4 Å². The number of ether oxygens (including phenoxy) is 2. The number of carbonyl (C=O) groups excluding carboxylic acids is 2. The maximum Gasteiger partial charge on any atom is 0.342 e. The minimum absolute atomic E-state index is 0.169. The number of esters is 1. The Balaban J connectivity index is 1.91. The molecular weight excluding hydrogens is 362 g/mol. The van der Waals surface area contributed by atoms with Crippen molar-refractivity contribution in [2.24, 2.45) is 0 Å². The summed E-state index contributed by atoms with van der Waals surface area (Å²) < 4.78 is 10.4. The highest BCUT2D eigenvalue weighted by molar-refractivity contribution is 7.98. The molecule has 2 rings (SSSR count). The fourth-order valence-corrected chi connectivity index (χ4v) is 3.01. The molecule has 144 valence electrons. The number of thioether (sulfide) groups is 1. The molecule has 0 aliphatic carbocycles. The molecule has 0 aromatic heterocycles. The summed E-state index contributed by atoms with van der Waals surface area (Å²) in [5, 5.41) is 2.84. The smallest absolute Gasteiger partial charge is 0.342 e. The molecule has 0 bridgehead atoms. The molecule has 0 radical (unpaired) electrons. The third-order valence-electron chi connectivity index (χ3n) is 4.23. The molecule has 5 nitrogen and oxygen atoms in total. The van der Waals surface area contributed by atoms with E-state index in [2.05, 4.69) is 12.2 Å². The lowest BCUT2D eigenvalue weighted by Gasteiger charge is -2.15. The molecule has 0 heterocycles. The number of hydrogen-bond acceptors (Lipinski definition) is 5. The zero-order valence-electron chi connectivity index (χ0n) is 16.1. The molecular formula is C21H25NO4S. The molecule has 1 atom stereocenters. The van der Waals surface area contributed by atoms with Crippen molar-refractivity contribution < 1.29 is 19.1 Å². The molecule has 27 heavy (non-hydrogen) atoms. The van der Waals surface area contributed by atoms with Crippen LogP contribution in [-0.2, 0) is 16.0 Å². The van der Waals surface area contributed by atoms with Crippen LogP contribution in [0.5, 0.6) is 5.75 Å². The first kappa shape index (κ1) is 20.8. The second kappa shape index (κ2) is 10.0. The van der Waals surface area contributed by atoms with Gasteiger partial charge in [0, 0.05) is 4.90 Å². The number of methoxy groups -OCH3 is 1. The van der Waals surface area contributed by atoms with Gasteiger partial charge in [-0.1, -0.05) is 31.2 Å². The second-order valence-electron chi connectivity index (χ2n) is 6.03. The minimum atomic E-state index is -0.588. The average molecular weight is 388 g/mol. The van der Waals surface area contributed by atoms with Crippen LogP contribution in [0.25, 0.3) is 0 Å². The first-order chi connectivity index (χ1) is 13.0. The summed E-state index contributed by atoms with van der Waals surface area (Å²) in [6.45, 7) is 3.65. The van der Waals surface area contributed by atoms with E-state index in [9.17, 15) is 9.59 Å². The number of nitrogens with one attached hydrogen (secondary N) is 1. The van der Waals surface area contributed by atoms with Crippen molar-refractivity contribution in [3.63, 3.8) is 0 Å². The van der Waals surface area contributed by atoms with Crippen LogP contribution in [0.4, 0.5) is 0 Å². The van der Waals surface area contributed by atoms with Gasteiger partial charge in [-0.25, -0.2) is 4.79 Å². The number of aryl methyl sites for hydroxylation is 1. The van der Waals surface area contributed by atoms with Gasteiger partial charge in [0.05, 0.1) is 13.2 Å². The van der Waals surface area contributed by atoms with Crippen molar-refractivity contribution in [1.29, 1.82) is 0 Å². The van der Waals surface area contributed by atoms with Crippen LogP contribution >= 0.6 is 11.8 Å². The van der Waals surface area contributed by atoms with Gasteiger partial charge in [-0.05, 0) is 48.9 Å². The number of amides is 1. The van der Waals surface area contributed by atoms with Crippen LogP contribution in [0.2, 0.25) is 0 Å². The van der Waals surface area contributed by atoms with E-state index in [1.807, 2.05) is 43.5 Å². The van der Waals surface area contributed by atoms with E-state index in [0.29, 0.717) is 11.3 Å². The summed E-state index contributed by atoms with van der Waals surface area (Å²) in [7, 11) is 1.49. The number of carbonyl (C=O) groups is 2. The topological polar surface area (TPSA) is 64.6 Å². The summed E-state index contributed by atoms with van der Waals surface area (Å²) in [4.78, 5) is 25.4. The van der Waals surface area contributed by atoms with Crippen molar-refractivity contribution in [2.75, 3.05) is 20.0 Å². The molecule has 0 fully saturated rings. The van der Waals surface area contributed by atoms with Gasteiger partial charge >= 0.3 is 5.97 Å². The van der Waals surface area contributed by atoms with Gasteiger partial charge < -0.3 is 14.8 Å². The summed E-state index contributed by atoms with van der Waals surface area (Å²) in [5.41, 5.74) is 2.54. The predicted octanol–water partition coefficient (Wildman–Crippen LogP) is 4.01. The molecule has 0 aliphatic rings. The Morgan fingerprint density at radius 1 is 1.15 bits per heavy atom. The summed E-state index contributed by atoms with van der Waals surface area (Å²) >= 11 is 1.55. The normalized spacial score (nSPS) is 11.6. The zero-order valence-corrected chi connectivity index (χ0v) is 16.9. The van der Waals surface area contributed by atoms with Gasteiger partial charge in [0.2, 0.25) is 0 Å². The SMILES string of the molecule is CCc1ccc([C@@H](C)NC(=O)COC(=O)c2ccc(SC)cc2OC)cc1. The Kier molecular flexibility index (Phi) is 7.73. The molecule has 0 saturated carbocycles. The predicted molar refractivity (Wildman–Crippen MR) is 107 cm³/mol. The van der Waals surface area contributed by atoms with Gasteiger partial charge in [0.15, 0.2) is 6.61 Å². The van der Waals surface area contributed by atoms with Crippen LogP contribution in [0, 0.1) is 0 Å². The highest BCUT2D eigenvalue weighted by Crippen LogP contribution is 2.25. The Hall–Kier alpha value is -2.47. The molecule has 2 aromatic rings. The quantitative estimate of drug-likeness (QED) is 0.548. The lowest BCUT2D eigenvalue weighted by molar-refractivity contribution is -0.124. The van der Waals surface area contributed by atoms with Crippen LogP contribution in [0.3, 0.4) is 0 Å². The largest absolute Gasteiger partial charge is 0.496 e. The first-order valence-corrected chi connectivity index (χ1v) is 9.98. The van der Waals surface area contributed by atoms with Gasteiger partial charge in [-0.3, -0.25) is 4.79 Å². The lowest BCUT2D eigenvalue weighted by atomic mass is 10.1.